The van der Waals surface area contributed by atoms with E-state index in [2.05, 4.69) is 15.0 Å². The fraction of sp³-hybridized carbons (Fsp3) is 0. The zero-order valence-electron chi connectivity index (χ0n) is 10.5. The SMILES string of the molecule is Nc1c2cnc(Cl)nc2nc(=O)n1-c1c(Cl)cc(F)cc1Cl. The molecule has 0 radical (unpaired) electrons. The van der Waals surface area contributed by atoms with Gasteiger partial charge in [-0.05, 0) is 23.7 Å². The molecular formula is C12H5Cl3FN5O. The Hall–Kier alpha value is -1.96. The standard InChI is InChI=1S/C12H5Cl3FN5O/c13-6-1-4(16)2-7(14)8(6)21-9(17)5-3-18-11(15)19-10(5)20-12(21)22/h1-3H,17H2. The summed E-state index contributed by atoms with van der Waals surface area (Å²) in [5.74, 6) is -0.684. The minimum absolute atomic E-state index is 0.0246. The first-order valence-corrected chi connectivity index (χ1v) is 6.87. The molecule has 0 aliphatic heterocycles. The number of benzene rings is 1. The second-order valence-corrected chi connectivity index (χ2v) is 5.36. The molecule has 2 N–H and O–H groups in total. The molecule has 0 fully saturated rings. The zero-order valence-corrected chi connectivity index (χ0v) is 12.8. The Labute approximate surface area is 137 Å². The third-order valence-corrected chi connectivity index (χ3v) is 3.61. The maximum atomic E-state index is 13.3. The van der Waals surface area contributed by atoms with Crippen molar-refractivity contribution in [2.24, 2.45) is 0 Å². The highest BCUT2D eigenvalue weighted by atomic mass is 35.5. The zero-order chi connectivity index (χ0) is 16.0. The number of hydrogen-bond acceptors (Lipinski definition) is 5. The largest absolute Gasteiger partial charge is 0.384 e. The van der Waals surface area contributed by atoms with Crippen molar-refractivity contribution < 1.29 is 4.39 Å². The van der Waals surface area contributed by atoms with Gasteiger partial charge in [-0.15, -0.1) is 0 Å². The molecule has 0 spiro atoms. The van der Waals surface area contributed by atoms with Crippen molar-refractivity contribution in [3.8, 4) is 5.69 Å². The summed E-state index contributed by atoms with van der Waals surface area (Å²) >= 11 is 17.6. The van der Waals surface area contributed by atoms with Gasteiger partial charge in [-0.25, -0.2) is 18.7 Å². The summed E-state index contributed by atoms with van der Waals surface area (Å²) in [7, 11) is 0. The Kier molecular flexibility index (Phi) is 3.64. The quantitative estimate of drug-likeness (QED) is 0.674. The highest BCUT2D eigenvalue weighted by Gasteiger charge is 2.18. The van der Waals surface area contributed by atoms with E-state index in [4.69, 9.17) is 40.5 Å². The summed E-state index contributed by atoms with van der Waals surface area (Å²) in [6, 6.07) is 2.02. The van der Waals surface area contributed by atoms with Crippen molar-refractivity contribution in [3.63, 3.8) is 0 Å². The molecule has 0 saturated carbocycles. The number of rotatable bonds is 1. The fourth-order valence-electron chi connectivity index (χ4n) is 1.95. The number of nitrogens with zero attached hydrogens (tertiary/aromatic N) is 4. The number of nitrogens with two attached hydrogens (primary N) is 1. The van der Waals surface area contributed by atoms with E-state index in [1.807, 2.05) is 0 Å². The number of aromatic nitrogens is 4. The van der Waals surface area contributed by atoms with E-state index < -0.39 is 11.5 Å². The Morgan fingerprint density at radius 1 is 1.14 bits per heavy atom. The van der Waals surface area contributed by atoms with Crippen LogP contribution in [0.5, 0.6) is 0 Å². The smallest absolute Gasteiger partial charge is 0.355 e. The lowest BCUT2D eigenvalue weighted by molar-refractivity contribution is 0.627. The van der Waals surface area contributed by atoms with E-state index in [-0.39, 0.29) is 37.9 Å². The van der Waals surface area contributed by atoms with Gasteiger partial charge in [-0.1, -0.05) is 23.2 Å². The number of halogens is 4. The Bertz CT molecular complexity index is 952. The van der Waals surface area contributed by atoms with Gasteiger partial charge in [-0.2, -0.15) is 9.97 Å². The molecular weight excluding hydrogens is 356 g/mol. The molecule has 0 atom stereocenters. The molecule has 1 aromatic carbocycles. The number of hydrogen-bond donors (Lipinski definition) is 1. The average Bonchev–Trinajstić information content (AvgIpc) is 2.40. The van der Waals surface area contributed by atoms with Gasteiger partial charge in [0.25, 0.3) is 0 Å². The Morgan fingerprint density at radius 3 is 2.41 bits per heavy atom. The predicted octanol–water partition coefficient (Wildman–Crippen LogP) is 2.86. The molecule has 0 aliphatic carbocycles. The van der Waals surface area contributed by atoms with Gasteiger partial charge in [0.2, 0.25) is 5.28 Å². The van der Waals surface area contributed by atoms with Gasteiger partial charge < -0.3 is 5.73 Å². The number of nitrogen functional groups attached to an aromatic ring is 1. The summed E-state index contributed by atoms with van der Waals surface area (Å²) in [5, 5.41) is 0.0273. The van der Waals surface area contributed by atoms with Crippen LogP contribution >= 0.6 is 34.8 Å². The molecule has 10 heteroatoms. The van der Waals surface area contributed by atoms with E-state index in [0.29, 0.717) is 0 Å². The van der Waals surface area contributed by atoms with Gasteiger partial charge in [0.15, 0.2) is 5.65 Å². The first-order chi connectivity index (χ1) is 10.4. The van der Waals surface area contributed by atoms with Crippen LogP contribution in [0.25, 0.3) is 16.7 Å². The second kappa shape index (κ2) is 5.35. The van der Waals surface area contributed by atoms with E-state index in [1.54, 1.807) is 0 Å². The third-order valence-electron chi connectivity index (χ3n) is 2.85. The van der Waals surface area contributed by atoms with Crippen LogP contribution in [-0.4, -0.2) is 19.5 Å². The van der Waals surface area contributed by atoms with Gasteiger partial charge >= 0.3 is 5.69 Å². The monoisotopic (exact) mass is 359 g/mol. The molecule has 0 bridgehead atoms. The molecule has 2 aromatic heterocycles. The van der Waals surface area contributed by atoms with E-state index in [0.717, 1.165) is 16.7 Å². The Balaban J connectivity index is 2.42. The lowest BCUT2D eigenvalue weighted by atomic mass is 10.3. The second-order valence-electron chi connectivity index (χ2n) is 4.21. The highest BCUT2D eigenvalue weighted by molar-refractivity contribution is 6.37. The lowest BCUT2D eigenvalue weighted by Crippen LogP contribution is -2.25. The fourth-order valence-corrected chi connectivity index (χ4v) is 2.70. The van der Waals surface area contributed by atoms with Crippen LogP contribution in [0.15, 0.2) is 23.1 Å². The average molecular weight is 361 g/mol. The van der Waals surface area contributed by atoms with Crippen molar-refractivity contribution in [2.45, 2.75) is 0 Å². The van der Waals surface area contributed by atoms with Crippen molar-refractivity contribution >= 4 is 51.7 Å². The van der Waals surface area contributed by atoms with Crippen molar-refractivity contribution in [1.82, 2.24) is 19.5 Å². The van der Waals surface area contributed by atoms with Crippen LogP contribution in [0.4, 0.5) is 10.2 Å². The minimum atomic E-state index is -0.782. The van der Waals surface area contributed by atoms with Crippen LogP contribution in [-0.2, 0) is 0 Å². The molecule has 0 saturated heterocycles. The molecule has 3 aromatic rings. The van der Waals surface area contributed by atoms with Crippen LogP contribution in [0, 0.1) is 5.82 Å². The van der Waals surface area contributed by atoms with E-state index >= 15 is 0 Å². The molecule has 22 heavy (non-hydrogen) atoms. The van der Waals surface area contributed by atoms with Crippen molar-refractivity contribution in [3.05, 3.63) is 50.0 Å². The van der Waals surface area contributed by atoms with Crippen LogP contribution in [0.1, 0.15) is 0 Å². The van der Waals surface area contributed by atoms with Crippen molar-refractivity contribution in [2.75, 3.05) is 5.73 Å². The molecule has 0 unspecified atom stereocenters. The summed E-state index contributed by atoms with van der Waals surface area (Å²) < 4.78 is 14.2. The number of fused-ring (bicyclic) bond motifs is 1. The van der Waals surface area contributed by atoms with Crippen LogP contribution in [0.2, 0.25) is 15.3 Å². The summed E-state index contributed by atoms with van der Waals surface area (Å²) in [6.45, 7) is 0. The van der Waals surface area contributed by atoms with Gasteiger partial charge in [-0.3, -0.25) is 0 Å². The molecule has 6 nitrogen and oxygen atoms in total. The maximum absolute atomic E-state index is 13.3. The highest BCUT2D eigenvalue weighted by Crippen LogP contribution is 2.31. The molecule has 112 valence electrons. The van der Waals surface area contributed by atoms with Crippen LogP contribution < -0.4 is 11.4 Å². The van der Waals surface area contributed by atoms with E-state index in [9.17, 15) is 9.18 Å². The third kappa shape index (κ3) is 2.37. The first-order valence-electron chi connectivity index (χ1n) is 5.74. The number of anilines is 1. The predicted molar refractivity (Wildman–Crippen MR) is 82.3 cm³/mol. The normalized spacial score (nSPS) is 11.1. The summed E-state index contributed by atoms with van der Waals surface area (Å²) in [6.07, 6.45) is 1.31. The van der Waals surface area contributed by atoms with Gasteiger partial charge in [0.1, 0.15) is 11.6 Å². The van der Waals surface area contributed by atoms with Gasteiger partial charge in [0, 0.05) is 6.20 Å². The topological polar surface area (TPSA) is 86.7 Å². The molecule has 3 rings (SSSR count). The maximum Gasteiger partial charge on any atom is 0.355 e. The molecule has 0 amide bonds. The molecule has 0 aliphatic rings. The van der Waals surface area contributed by atoms with Crippen molar-refractivity contribution in [1.29, 1.82) is 0 Å². The van der Waals surface area contributed by atoms with Crippen LogP contribution in [0.3, 0.4) is 0 Å². The summed E-state index contributed by atoms with van der Waals surface area (Å²) in [5.41, 5.74) is 5.24. The van der Waals surface area contributed by atoms with E-state index in [1.165, 1.54) is 6.20 Å². The first kappa shape index (κ1) is 15.0. The minimum Gasteiger partial charge on any atom is -0.384 e. The lowest BCUT2D eigenvalue weighted by Gasteiger charge is -2.13. The van der Waals surface area contributed by atoms with Gasteiger partial charge in [0.05, 0.1) is 21.1 Å². The Morgan fingerprint density at radius 2 is 1.77 bits per heavy atom. The molecule has 2 heterocycles. The summed E-state index contributed by atoms with van der Waals surface area (Å²) in [4.78, 5) is 23.6.